The van der Waals surface area contributed by atoms with Crippen LogP contribution < -0.4 is 15.0 Å². The van der Waals surface area contributed by atoms with Gasteiger partial charge in [-0.1, -0.05) is 30.3 Å². The Hall–Kier alpha value is -3.45. The van der Waals surface area contributed by atoms with Gasteiger partial charge in [-0.2, -0.15) is 9.78 Å². The van der Waals surface area contributed by atoms with Crippen LogP contribution in [0.5, 0.6) is 11.5 Å². The van der Waals surface area contributed by atoms with Gasteiger partial charge in [0.1, 0.15) is 17.8 Å². The highest BCUT2D eigenvalue weighted by atomic mass is 32.1. The minimum Gasteiger partial charge on any atom is -0.493 e. The van der Waals surface area contributed by atoms with Crippen LogP contribution in [0.15, 0.2) is 64.8 Å². The van der Waals surface area contributed by atoms with Crippen LogP contribution in [0.4, 0.5) is 0 Å². The summed E-state index contributed by atoms with van der Waals surface area (Å²) in [6, 6.07) is 15.5. The Kier molecular flexibility index (Phi) is 5.73. The van der Waals surface area contributed by atoms with Crippen molar-refractivity contribution in [1.29, 1.82) is 0 Å². The maximum atomic E-state index is 13.1. The van der Waals surface area contributed by atoms with Gasteiger partial charge < -0.3 is 9.47 Å². The van der Waals surface area contributed by atoms with E-state index in [1.165, 1.54) is 27.9 Å². The van der Waals surface area contributed by atoms with Gasteiger partial charge in [0.05, 0.1) is 18.7 Å². The van der Waals surface area contributed by atoms with Crippen molar-refractivity contribution in [2.45, 2.75) is 32.3 Å². The molecule has 32 heavy (non-hydrogen) atoms. The van der Waals surface area contributed by atoms with Crippen LogP contribution in [-0.4, -0.2) is 23.0 Å². The standard InChI is InChI=1S/C25H23N3O3S/c1-30-20-12-11-18(13-21(20)31-15-17-7-3-2-4-8-17)14-27-28-16-26-24-23(25(28)29)19-9-5-6-10-22(19)32-24/h2-4,7-8,11-14,16H,5-6,9-10,15H2,1H3/b27-14-. The summed E-state index contributed by atoms with van der Waals surface area (Å²) < 4.78 is 12.7. The lowest BCUT2D eigenvalue weighted by Crippen LogP contribution is -2.18. The monoisotopic (exact) mass is 445 g/mol. The van der Waals surface area contributed by atoms with E-state index in [2.05, 4.69) is 10.1 Å². The molecule has 0 radical (unpaired) electrons. The number of nitrogens with zero attached hydrogens (tertiary/aromatic N) is 3. The molecular weight excluding hydrogens is 422 g/mol. The van der Waals surface area contributed by atoms with E-state index < -0.39 is 0 Å². The zero-order valence-corrected chi connectivity index (χ0v) is 18.6. The summed E-state index contributed by atoms with van der Waals surface area (Å²) in [5.74, 6) is 1.26. The van der Waals surface area contributed by atoms with Gasteiger partial charge in [-0.05, 0) is 60.6 Å². The molecule has 0 saturated heterocycles. The summed E-state index contributed by atoms with van der Waals surface area (Å²) in [7, 11) is 1.61. The van der Waals surface area contributed by atoms with Crippen molar-refractivity contribution >= 4 is 27.8 Å². The van der Waals surface area contributed by atoms with Crippen LogP contribution >= 0.6 is 11.3 Å². The molecular formula is C25H23N3O3S. The normalized spacial score (nSPS) is 13.4. The van der Waals surface area contributed by atoms with Crippen molar-refractivity contribution in [3.63, 3.8) is 0 Å². The van der Waals surface area contributed by atoms with E-state index >= 15 is 0 Å². The van der Waals surface area contributed by atoms with Crippen molar-refractivity contribution in [1.82, 2.24) is 9.66 Å². The number of benzene rings is 2. The highest BCUT2D eigenvalue weighted by Crippen LogP contribution is 2.33. The molecule has 6 nitrogen and oxygen atoms in total. The van der Waals surface area contributed by atoms with Crippen LogP contribution in [-0.2, 0) is 19.4 Å². The summed E-state index contributed by atoms with van der Waals surface area (Å²) in [6.07, 6.45) is 7.42. The van der Waals surface area contributed by atoms with Crippen molar-refractivity contribution in [3.05, 3.63) is 86.8 Å². The van der Waals surface area contributed by atoms with Crippen LogP contribution in [0, 0.1) is 0 Å². The summed E-state index contributed by atoms with van der Waals surface area (Å²) in [5.41, 5.74) is 2.92. The fraction of sp³-hybridized carbons (Fsp3) is 0.240. The molecule has 0 bridgehead atoms. The first-order valence-corrected chi connectivity index (χ1v) is 11.5. The van der Waals surface area contributed by atoms with E-state index in [0.29, 0.717) is 18.1 Å². The van der Waals surface area contributed by atoms with E-state index in [1.54, 1.807) is 24.7 Å². The second kappa shape index (κ2) is 8.96. The molecule has 0 amide bonds. The van der Waals surface area contributed by atoms with Gasteiger partial charge in [0.15, 0.2) is 11.5 Å². The molecule has 0 fully saturated rings. The number of hydrogen-bond acceptors (Lipinski definition) is 6. The van der Waals surface area contributed by atoms with E-state index in [1.807, 2.05) is 48.5 Å². The van der Waals surface area contributed by atoms with Crippen molar-refractivity contribution in [3.8, 4) is 11.5 Å². The lowest BCUT2D eigenvalue weighted by atomic mass is 9.97. The topological polar surface area (TPSA) is 65.7 Å². The Morgan fingerprint density at radius 2 is 1.97 bits per heavy atom. The zero-order chi connectivity index (χ0) is 21.9. The Labute approximate surface area is 189 Å². The van der Waals surface area contributed by atoms with Gasteiger partial charge in [0.25, 0.3) is 5.56 Å². The lowest BCUT2D eigenvalue weighted by Gasteiger charge is -2.11. The zero-order valence-electron chi connectivity index (χ0n) is 17.8. The number of fused-ring (bicyclic) bond motifs is 3. The fourth-order valence-electron chi connectivity index (χ4n) is 3.97. The third kappa shape index (κ3) is 4.03. The molecule has 162 valence electrons. The molecule has 1 aliphatic rings. The average molecular weight is 446 g/mol. The second-order valence-corrected chi connectivity index (χ2v) is 8.80. The number of aryl methyl sites for hydroxylation is 2. The number of aromatic nitrogens is 2. The van der Waals surface area contributed by atoms with Crippen LogP contribution in [0.3, 0.4) is 0 Å². The molecule has 2 heterocycles. The molecule has 5 rings (SSSR count). The van der Waals surface area contributed by atoms with Crippen LogP contribution in [0.2, 0.25) is 0 Å². The van der Waals surface area contributed by atoms with Crippen LogP contribution in [0.25, 0.3) is 10.2 Å². The fourth-order valence-corrected chi connectivity index (χ4v) is 5.19. The summed E-state index contributed by atoms with van der Waals surface area (Å²) in [5, 5.41) is 5.12. The summed E-state index contributed by atoms with van der Waals surface area (Å²) in [6.45, 7) is 0.432. The molecule has 0 N–H and O–H groups in total. The Balaban J connectivity index is 1.42. The Morgan fingerprint density at radius 1 is 1.12 bits per heavy atom. The molecule has 4 aromatic rings. The van der Waals surface area contributed by atoms with Crippen molar-refractivity contribution < 1.29 is 9.47 Å². The molecule has 0 aliphatic heterocycles. The summed E-state index contributed by atoms with van der Waals surface area (Å²) in [4.78, 5) is 19.7. The number of thiophene rings is 1. The third-order valence-electron chi connectivity index (χ3n) is 5.62. The highest BCUT2D eigenvalue weighted by molar-refractivity contribution is 7.18. The number of methoxy groups -OCH3 is 1. The molecule has 0 atom stereocenters. The molecule has 0 spiro atoms. The minimum atomic E-state index is -0.111. The Morgan fingerprint density at radius 3 is 2.81 bits per heavy atom. The molecule has 2 aromatic heterocycles. The van der Waals surface area contributed by atoms with E-state index in [-0.39, 0.29) is 5.56 Å². The molecule has 0 saturated carbocycles. The van der Waals surface area contributed by atoms with Crippen LogP contribution in [0.1, 0.15) is 34.4 Å². The number of hydrogen-bond donors (Lipinski definition) is 0. The predicted octanol–water partition coefficient (Wildman–Crippen LogP) is 4.81. The first-order valence-electron chi connectivity index (χ1n) is 10.6. The molecule has 0 unspecified atom stereocenters. The van der Waals surface area contributed by atoms with Gasteiger partial charge >= 0.3 is 0 Å². The Bertz CT molecular complexity index is 1340. The first kappa shape index (κ1) is 20.5. The quantitative estimate of drug-likeness (QED) is 0.400. The summed E-state index contributed by atoms with van der Waals surface area (Å²) >= 11 is 1.64. The smallest absolute Gasteiger partial charge is 0.282 e. The average Bonchev–Trinajstić information content (AvgIpc) is 3.22. The predicted molar refractivity (Wildman–Crippen MR) is 127 cm³/mol. The van der Waals surface area contributed by atoms with Crippen molar-refractivity contribution in [2.24, 2.45) is 5.10 Å². The first-order chi connectivity index (χ1) is 15.7. The largest absolute Gasteiger partial charge is 0.493 e. The van der Waals surface area contributed by atoms with Crippen molar-refractivity contribution in [2.75, 3.05) is 7.11 Å². The van der Waals surface area contributed by atoms with E-state index in [9.17, 15) is 4.79 Å². The second-order valence-electron chi connectivity index (χ2n) is 7.71. The van der Waals surface area contributed by atoms with Gasteiger partial charge in [-0.25, -0.2) is 4.98 Å². The third-order valence-corrected chi connectivity index (χ3v) is 6.81. The SMILES string of the molecule is COc1ccc(/C=N\n2cnc3sc4c(c3c2=O)CCCC4)cc1OCc1ccccc1. The van der Waals surface area contributed by atoms with Gasteiger partial charge in [-0.15, -0.1) is 11.3 Å². The van der Waals surface area contributed by atoms with Gasteiger partial charge in [0.2, 0.25) is 0 Å². The number of rotatable bonds is 6. The molecule has 1 aliphatic carbocycles. The number of ether oxygens (including phenoxy) is 2. The molecule has 2 aromatic carbocycles. The van der Waals surface area contributed by atoms with Gasteiger partial charge in [-0.3, -0.25) is 4.79 Å². The lowest BCUT2D eigenvalue weighted by molar-refractivity contribution is 0.284. The molecule has 7 heteroatoms. The van der Waals surface area contributed by atoms with E-state index in [0.717, 1.165) is 40.6 Å². The van der Waals surface area contributed by atoms with Gasteiger partial charge in [0, 0.05) is 4.88 Å². The highest BCUT2D eigenvalue weighted by Gasteiger charge is 2.19. The minimum absolute atomic E-state index is 0.111. The van der Waals surface area contributed by atoms with E-state index in [4.69, 9.17) is 9.47 Å². The maximum Gasteiger partial charge on any atom is 0.282 e. The maximum absolute atomic E-state index is 13.1.